The highest BCUT2D eigenvalue weighted by molar-refractivity contribution is 5.98. The maximum absolute atomic E-state index is 12.4. The van der Waals surface area contributed by atoms with Gasteiger partial charge >= 0.3 is 5.97 Å². The van der Waals surface area contributed by atoms with E-state index in [0.717, 1.165) is 17.1 Å². The third-order valence-corrected chi connectivity index (χ3v) is 4.18. The number of Topliss-reactive ketones (excluding diaryl/α,β-unsaturated/α-hetero) is 1. The van der Waals surface area contributed by atoms with Crippen molar-refractivity contribution in [1.29, 1.82) is 0 Å². The molecule has 1 N–H and O–H groups in total. The summed E-state index contributed by atoms with van der Waals surface area (Å²) in [5.41, 5.74) is 4.79. The number of aryl methyl sites for hydroxylation is 2. The summed E-state index contributed by atoms with van der Waals surface area (Å²) < 4.78 is 7.20. The van der Waals surface area contributed by atoms with E-state index in [-0.39, 0.29) is 12.4 Å². The largest absolute Gasteiger partial charge is 0.454 e. The van der Waals surface area contributed by atoms with Crippen molar-refractivity contribution in [2.75, 3.05) is 6.61 Å². The third kappa shape index (κ3) is 3.40. The van der Waals surface area contributed by atoms with Gasteiger partial charge in [-0.05, 0) is 51.1 Å². The van der Waals surface area contributed by atoms with Gasteiger partial charge in [0, 0.05) is 23.3 Å². The zero-order valence-electron chi connectivity index (χ0n) is 14.5. The Hall–Kier alpha value is -3.08. The Morgan fingerprint density at radius 2 is 1.80 bits per heavy atom. The lowest BCUT2D eigenvalue weighted by atomic mass is 10.2. The number of aromatic nitrogens is 2. The third-order valence-electron chi connectivity index (χ3n) is 4.18. The summed E-state index contributed by atoms with van der Waals surface area (Å²) in [6, 6.07) is 13.3. The molecule has 0 radical (unpaired) electrons. The fourth-order valence-corrected chi connectivity index (χ4v) is 2.85. The number of benzene rings is 1. The first-order valence-corrected chi connectivity index (χ1v) is 8.07. The average molecular weight is 336 g/mol. The molecule has 0 saturated carbocycles. The van der Waals surface area contributed by atoms with Crippen LogP contribution in [0.5, 0.6) is 0 Å². The summed E-state index contributed by atoms with van der Waals surface area (Å²) >= 11 is 0. The molecule has 0 aliphatic rings. The fraction of sp³-hybridized carbons (Fsp3) is 0.200. The van der Waals surface area contributed by atoms with Gasteiger partial charge in [-0.15, -0.1) is 0 Å². The highest BCUT2D eigenvalue weighted by Gasteiger charge is 2.19. The van der Waals surface area contributed by atoms with Crippen molar-refractivity contribution in [2.45, 2.75) is 20.8 Å². The Bertz CT molecular complexity index is 903. The topological polar surface area (TPSA) is 64.1 Å². The monoisotopic (exact) mass is 336 g/mol. The molecule has 3 rings (SSSR count). The number of nitrogens with zero attached hydrogens (tertiary/aromatic N) is 1. The van der Waals surface area contributed by atoms with Crippen LogP contribution in [0.25, 0.3) is 5.69 Å². The number of hydrogen-bond donors (Lipinski definition) is 1. The van der Waals surface area contributed by atoms with Crippen molar-refractivity contribution < 1.29 is 14.3 Å². The molecule has 0 atom stereocenters. The molecule has 0 amide bonds. The van der Waals surface area contributed by atoms with Gasteiger partial charge in [0.15, 0.2) is 6.61 Å². The number of ether oxygens (including phenoxy) is 1. The molecule has 128 valence electrons. The minimum Gasteiger partial charge on any atom is -0.454 e. The summed E-state index contributed by atoms with van der Waals surface area (Å²) in [6.45, 7) is 5.56. The second-order valence-electron chi connectivity index (χ2n) is 6.04. The Balaban J connectivity index is 1.78. The van der Waals surface area contributed by atoms with E-state index < -0.39 is 5.97 Å². The number of rotatable bonds is 5. The van der Waals surface area contributed by atoms with Crippen LogP contribution in [0.1, 0.15) is 37.8 Å². The molecule has 0 fully saturated rings. The number of nitrogens with one attached hydrogen (secondary N) is 1. The van der Waals surface area contributed by atoms with Gasteiger partial charge in [0.05, 0.1) is 11.3 Å². The van der Waals surface area contributed by atoms with Crippen molar-refractivity contribution in [3.05, 3.63) is 76.9 Å². The molecule has 0 unspecified atom stereocenters. The number of ketones is 1. The molecule has 0 aliphatic carbocycles. The second-order valence-corrected chi connectivity index (χ2v) is 6.04. The summed E-state index contributed by atoms with van der Waals surface area (Å²) in [4.78, 5) is 27.1. The Labute approximate surface area is 146 Å². The van der Waals surface area contributed by atoms with Gasteiger partial charge in [0.1, 0.15) is 0 Å². The lowest BCUT2D eigenvalue weighted by Gasteiger charge is -2.10. The maximum atomic E-state index is 12.4. The van der Waals surface area contributed by atoms with E-state index in [1.165, 1.54) is 5.56 Å². The average Bonchev–Trinajstić information content (AvgIpc) is 3.22. The first-order valence-electron chi connectivity index (χ1n) is 8.07. The first-order chi connectivity index (χ1) is 12.0. The molecule has 0 aliphatic heterocycles. The number of aromatic amines is 1. The lowest BCUT2D eigenvalue weighted by molar-refractivity contribution is 0.0473. The number of H-pyrrole nitrogens is 1. The van der Waals surface area contributed by atoms with Crippen molar-refractivity contribution in [1.82, 2.24) is 9.55 Å². The second kappa shape index (κ2) is 6.81. The highest BCUT2D eigenvalue weighted by Crippen LogP contribution is 2.22. The van der Waals surface area contributed by atoms with Crippen molar-refractivity contribution >= 4 is 11.8 Å². The quantitative estimate of drug-likeness (QED) is 0.570. The molecular formula is C20H20N2O3. The van der Waals surface area contributed by atoms with E-state index >= 15 is 0 Å². The molecule has 1 aromatic carbocycles. The van der Waals surface area contributed by atoms with E-state index in [2.05, 4.69) is 4.98 Å². The van der Waals surface area contributed by atoms with Gasteiger partial charge in [-0.3, -0.25) is 4.79 Å². The van der Waals surface area contributed by atoms with E-state index in [9.17, 15) is 9.59 Å². The van der Waals surface area contributed by atoms with Gasteiger partial charge in [0.2, 0.25) is 5.78 Å². The molecule has 3 aromatic rings. The molecule has 25 heavy (non-hydrogen) atoms. The van der Waals surface area contributed by atoms with Gasteiger partial charge < -0.3 is 14.3 Å². The van der Waals surface area contributed by atoms with Gasteiger partial charge in [-0.25, -0.2) is 4.79 Å². The van der Waals surface area contributed by atoms with E-state index in [4.69, 9.17) is 4.74 Å². The normalized spacial score (nSPS) is 10.7. The lowest BCUT2D eigenvalue weighted by Crippen LogP contribution is -2.15. The Morgan fingerprint density at radius 1 is 1.08 bits per heavy atom. The molecule has 5 heteroatoms. The first kappa shape index (κ1) is 16.8. The van der Waals surface area contributed by atoms with Gasteiger partial charge in [0.25, 0.3) is 0 Å². The Morgan fingerprint density at radius 3 is 2.44 bits per heavy atom. The van der Waals surface area contributed by atoms with Crippen molar-refractivity contribution in [3.8, 4) is 5.69 Å². The number of carbonyl (C=O) groups excluding carboxylic acids is 2. The minimum absolute atomic E-state index is 0.259. The summed E-state index contributed by atoms with van der Waals surface area (Å²) in [6.07, 6.45) is 1.66. The molecule has 0 saturated heterocycles. The predicted molar refractivity (Wildman–Crippen MR) is 95.4 cm³/mol. The molecule has 0 spiro atoms. The number of hydrogen-bond acceptors (Lipinski definition) is 3. The van der Waals surface area contributed by atoms with Crippen LogP contribution in [0.15, 0.2) is 48.7 Å². The van der Waals surface area contributed by atoms with Gasteiger partial charge in [-0.1, -0.05) is 17.7 Å². The van der Waals surface area contributed by atoms with Crippen molar-refractivity contribution in [3.63, 3.8) is 0 Å². The molecular weight excluding hydrogens is 316 g/mol. The van der Waals surface area contributed by atoms with Crippen LogP contribution in [-0.2, 0) is 4.74 Å². The number of carbonyl (C=O) groups is 2. The van der Waals surface area contributed by atoms with E-state index in [1.807, 2.05) is 49.6 Å². The van der Waals surface area contributed by atoms with Crippen LogP contribution in [0, 0.1) is 20.8 Å². The molecule has 2 aromatic heterocycles. The van der Waals surface area contributed by atoms with Crippen molar-refractivity contribution in [2.24, 2.45) is 0 Å². The van der Waals surface area contributed by atoms with Gasteiger partial charge in [-0.2, -0.15) is 0 Å². The standard InChI is InChI=1S/C20H20N2O3/c1-13-6-8-16(9-7-13)22-14(2)11-17(15(22)3)20(24)25-12-19(23)18-5-4-10-21-18/h4-11,21H,12H2,1-3H3. The van der Waals surface area contributed by atoms with Crippen LogP contribution < -0.4 is 0 Å². The zero-order chi connectivity index (χ0) is 18.0. The minimum atomic E-state index is -0.494. The van der Waals surface area contributed by atoms with E-state index in [0.29, 0.717) is 11.3 Å². The van der Waals surface area contributed by atoms with E-state index in [1.54, 1.807) is 24.4 Å². The highest BCUT2D eigenvalue weighted by atomic mass is 16.5. The smallest absolute Gasteiger partial charge is 0.340 e. The SMILES string of the molecule is Cc1ccc(-n2c(C)cc(C(=O)OCC(=O)c3ccc[nH]3)c2C)cc1. The van der Waals surface area contributed by atoms with Crippen LogP contribution >= 0.6 is 0 Å². The van der Waals surface area contributed by atoms with Crippen LogP contribution in [0.3, 0.4) is 0 Å². The van der Waals surface area contributed by atoms with Crippen LogP contribution in [0.4, 0.5) is 0 Å². The zero-order valence-corrected chi connectivity index (χ0v) is 14.5. The molecule has 0 bridgehead atoms. The van der Waals surface area contributed by atoms with Crippen LogP contribution in [0.2, 0.25) is 0 Å². The maximum Gasteiger partial charge on any atom is 0.340 e. The molecule has 5 nitrogen and oxygen atoms in total. The number of esters is 1. The molecule has 2 heterocycles. The van der Waals surface area contributed by atoms with Crippen LogP contribution in [-0.4, -0.2) is 27.9 Å². The summed E-state index contributed by atoms with van der Waals surface area (Å²) in [5, 5.41) is 0. The predicted octanol–water partition coefficient (Wildman–Crippen LogP) is 3.77. The fourth-order valence-electron chi connectivity index (χ4n) is 2.85. The summed E-state index contributed by atoms with van der Waals surface area (Å²) in [5.74, 6) is -0.753. The summed E-state index contributed by atoms with van der Waals surface area (Å²) in [7, 11) is 0. The Kier molecular flexibility index (Phi) is 4.57.